The normalized spacial score (nSPS) is 9.39. The smallest absolute Gasteiger partial charge is 0.00258 e. The standard InChI is InChI=1S/C25H28.4C2H6/c1-25(2,20-24-11-7-4-8-12-24)18-17-21-13-15-23(16-14-21)19-22-9-5-3-6-10-22;4*1-2/h3-16H,17-20H2,1-2H3;4*1-2H3. The van der Waals surface area contributed by atoms with Crippen molar-refractivity contribution < 1.29 is 0 Å². The van der Waals surface area contributed by atoms with E-state index in [1.54, 1.807) is 0 Å². The van der Waals surface area contributed by atoms with Gasteiger partial charge in [0.05, 0.1) is 0 Å². The van der Waals surface area contributed by atoms with Crippen LogP contribution in [0.1, 0.15) is 97.9 Å². The first-order valence-corrected chi connectivity index (χ1v) is 13.3. The van der Waals surface area contributed by atoms with E-state index < -0.39 is 0 Å². The maximum atomic E-state index is 2.38. The van der Waals surface area contributed by atoms with E-state index in [9.17, 15) is 0 Å². The van der Waals surface area contributed by atoms with Crippen LogP contribution in [0, 0.1) is 5.41 Å². The van der Waals surface area contributed by atoms with Crippen molar-refractivity contribution in [1.82, 2.24) is 0 Å². The number of hydrogen-bond donors (Lipinski definition) is 0. The molecule has 3 aromatic rings. The molecule has 0 heterocycles. The van der Waals surface area contributed by atoms with Crippen LogP contribution >= 0.6 is 0 Å². The van der Waals surface area contributed by atoms with Crippen molar-refractivity contribution in [3.05, 3.63) is 107 Å². The lowest BCUT2D eigenvalue weighted by molar-refractivity contribution is 0.333. The van der Waals surface area contributed by atoms with Crippen LogP contribution in [0.15, 0.2) is 84.9 Å². The van der Waals surface area contributed by atoms with Gasteiger partial charge in [0.2, 0.25) is 0 Å². The summed E-state index contributed by atoms with van der Waals surface area (Å²) in [5.74, 6) is 0. The Morgan fingerprint density at radius 2 is 0.818 bits per heavy atom. The Balaban J connectivity index is 0. The highest BCUT2D eigenvalue weighted by atomic mass is 14.2. The van der Waals surface area contributed by atoms with Crippen LogP contribution in [0.2, 0.25) is 0 Å². The third kappa shape index (κ3) is 15.2. The Hall–Kier alpha value is -2.34. The van der Waals surface area contributed by atoms with Gasteiger partial charge in [-0.2, -0.15) is 0 Å². The summed E-state index contributed by atoms with van der Waals surface area (Å²) in [4.78, 5) is 0. The second-order valence-electron chi connectivity index (χ2n) is 7.81. The lowest BCUT2D eigenvalue weighted by Crippen LogP contribution is -2.16. The summed E-state index contributed by atoms with van der Waals surface area (Å²) in [6.45, 7) is 20.8. The van der Waals surface area contributed by atoms with E-state index >= 15 is 0 Å². The number of benzene rings is 3. The molecule has 0 unspecified atom stereocenters. The monoisotopic (exact) mass is 448 g/mol. The highest BCUT2D eigenvalue weighted by Crippen LogP contribution is 2.28. The maximum absolute atomic E-state index is 2.38. The summed E-state index contributed by atoms with van der Waals surface area (Å²) < 4.78 is 0. The molecule has 0 saturated heterocycles. The lowest BCUT2D eigenvalue weighted by Gasteiger charge is -2.25. The van der Waals surface area contributed by atoms with Crippen LogP contribution in [-0.2, 0) is 19.3 Å². The molecule has 0 N–H and O–H groups in total. The summed E-state index contributed by atoms with van der Waals surface area (Å²) in [5, 5.41) is 0. The first kappa shape index (κ1) is 32.8. The van der Waals surface area contributed by atoms with Gasteiger partial charge in [0.15, 0.2) is 0 Å². The van der Waals surface area contributed by atoms with E-state index in [4.69, 9.17) is 0 Å². The summed E-state index contributed by atoms with van der Waals surface area (Å²) in [6.07, 6.45) is 4.51. The molecule has 0 spiro atoms. The van der Waals surface area contributed by atoms with E-state index in [2.05, 4.69) is 98.8 Å². The molecule has 0 radical (unpaired) electrons. The van der Waals surface area contributed by atoms with Gasteiger partial charge < -0.3 is 0 Å². The second-order valence-corrected chi connectivity index (χ2v) is 7.81. The fourth-order valence-corrected chi connectivity index (χ4v) is 3.37. The minimum atomic E-state index is 0.323. The Morgan fingerprint density at radius 3 is 1.27 bits per heavy atom. The predicted octanol–water partition coefficient (Wildman–Crippen LogP) is 10.6. The molecule has 0 aliphatic heterocycles. The number of aryl methyl sites for hydroxylation is 1. The Kier molecular flexibility index (Phi) is 21.4. The molecule has 33 heavy (non-hydrogen) atoms. The fraction of sp³-hybridized carbons (Fsp3) is 0.455. The van der Waals surface area contributed by atoms with Gasteiger partial charge in [0.1, 0.15) is 0 Å². The largest absolute Gasteiger partial charge is 0.0683 e. The lowest BCUT2D eigenvalue weighted by atomic mass is 9.80. The van der Waals surface area contributed by atoms with Crippen molar-refractivity contribution in [2.24, 2.45) is 5.41 Å². The summed E-state index contributed by atoms with van der Waals surface area (Å²) in [7, 11) is 0. The van der Waals surface area contributed by atoms with Gasteiger partial charge in [-0.1, -0.05) is 154 Å². The van der Waals surface area contributed by atoms with Crippen molar-refractivity contribution in [3.8, 4) is 0 Å². The topological polar surface area (TPSA) is 0 Å². The average molecular weight is 449 g/mol. The quantitative estimate of drug-likeness (QED) is 0.337. The van der Waals surface area contributed by atoms with Crippen LogP contribution in [0.4, 0.5) is 0 Å². The van der Waals surface area contributed by atoms with E-state index in [0.29, 0.717) is 5.41 Å². The summed E-state index contributed by atoms with van der Waals surface area (Å²) in [6, 6.07) is 30.7. The Bertz CT molecular complexity index is 752. The van der Waals surface area contributed by atoms with Crippen molar-refractivity contribution in [2.45, 2.75) is 94.9 Å². The summed E-state index contributed by atoms with van der Waals surface area (Å²) in [5.41, 5.74) is 5.96. The van der Waals surface area contributed by atoms with Gasteiger partial charge in [-0.25, -0.2) is 0 Å². The van der Waals surface area contributed by atoms with Crippen molar-refractivity contribution >= 4 is 0 Å². The van der Waals surface area contributed by atoms with Crippen LogP contribution in [-0.4, -0.2) is 0 Å². The van der Waals surface area contributed by atoms with Gasteiger partial charge in [0, 0.05) is 0 Å². The minimum absolute atomic E-state index is 0.323. The molecule has 0 bridgehead atoms. The van der Waals surface area contributed by atoms with E-state index in [-0.39, 0.29) is 0 Å². The Labute approximate surface area is 207 Å². The maximum Gasteiger partial charge on any atom is -0.00258 e. The molecule has 3 aromatic carbocycles. The van der Waals surface area contributed by atoms with Crippen LogP contribution < -0.4 is 0 Å². The van der Waals surface area contributed by atoms with Crippen LogP contribution in [0.25, 0.3) is 0 Å². The highest BCUT2D eigenvalue weighted by Gasteiger charge is 2.18. The molecule has 0 atom stereocenters. The fourth-order valence-electron chi connectivity index (χ4n) is 3.37. The SMILES string of the molecule is CC.CC.CC.CC.CC(C)(CCc1ccc(Cc2ccccc2)cc1)Cc1ccccc1. The van der Waals surface area contributed by atoms with Crippen molar-refractivity contribution in [1.29, 1.82) is 0 Å². The molecule has 0 aliphatic rings. The molecule has 0 aliphatic carbocycles. The van der Waals surface area contributed by atoms with Gasteiger partial charge in [-0.05, 0) is 53.4 Å². The second kappa shape index (κ2) is 21.5. The third-order valence-electron chi connectivity index (χ3n) is 4.89. The Morgan fingerprint density at radius 1 is 0.455 bits per heavy atom. The molecule has 0 nitrogen and oxygen atoms in total. The minimum Gasteiger partial charge on any atom is -0.0683 e. The molecular formula is C33H52. The molecule has 184 valence electrons. The van der Waals surface area contributed by atoms with E-state index in [1.807, 2.05) is 55.4 Å². The molecule has 0 aromatic heterocycles. The first-order chi connectivity index (χ1) is 16.1. The van der Waals surface area contributed by atoms with Gasteiger partial charge >= 0.3 is 0 Å². The highest BCUT2D eigenvalue weighted by molar-refractivity contribution is 5.29. The van der Waals surface area contributed by atoms with Gasteiger partial charge in [-0.15, -0.1) is 0 Å². The predicted molar refractivity (Wildman–Crippen MR) is 153 cm³/mol. The molecule has 0 saturated carbocycles. The number of rotatable bonds is 7. The van der Waals surface area contributed by atoms with E-state index in [1.165, 1.54) is 28.7 Å². The molecule has 0 amide bonds. The zero-order valence-electron chi connectivity index (χ0n) is 23.4. The zero-order valence-corrected chi connectivity index (χ0v) is 23.4. The van der Waals surface area contributed by atoms with Crippen LogP contribution in [0.3, 0.4) is 0 Å². The molecule has 0 fully saturated rings. The third-order valence-corrected chi connectivity index (χ3v) is 4.89. The molecule has 3 rings (SSSR count). The van der Waals surface area contributed by atoms with Gasteiger partial charge in [0.25, 0.3) is 0 Å². The van der Waals surface area contributed by atoms with Crippen LogP contribution in [0.5, 0.6) is 0 Å². The van der Waals surface area contributed by atoms with Crippen molar-refractivity contribution in [2.75, 3.05) is 0 Å². The van der Waals surface area contributed by atoms with Gasteiger partial charge in [-0.3, -0.25) is 0 Å². The number of hydrogen-bond acceptors (Lipinski definition) is 0. The molecular weight excluding hydrogens is 396 g/mol. The van der Waals surface area contributed by atoms with E-state index in [0.717, 1.165) is 19.3 Å². The average Bonchev–Trinajstić information content (AvgIpc) is 2.89. The first-order valence-electron chi connectivity index (χ1n) is 13.3. The summed E-state index contributed by atoms with van der Waals surface area (Å²) >= 11 is 0. The molecule has 0 heteroatoms. The zero-order chi connectivity index (χ0) is 25.5. The van der Waals surface area contributed by atoms with Crippen molar-refractivity contribution in [3.63, 3.8) is 0 Å².